The van der Waals surface area contributed by atoms with Crippen LogP contribution in [0.2, 0.25) is 0 Å². The van der Waals surface area contributed by atoms with Gasteiger partial charge in [-0.15, -0.1) is 0 Å². The molecule has 0 aromatic carbocycles. The highest BCUT2D eigenvalue weighted by atomic mass is 16.5. The van der Waals surface area contributed by atoms with Crippen molar-refractivity contribution >= 4 is 5.91 Å². The molecule has 0 radical (unpaired) electrons. The Balaban J connectivity index is 1.57. The minimum Gasteiger partial charge on any atom is -0.488 e. The van der Waals surface area contributed by atoms with Crippen molar-refractivity contribution < 1.29 is 18.8 Å². The van der Waals surface area contributed by atoms with Gasteiger partial charge >= 0.3 is 0 Å². The van der Waals surface area contributed by atoms with Crippen LogP contribution in [0.25, 0.3) is 0 Å². The van der Waals surface area contributed by atoms with E-state index in [0.29, 0.717) is 36.6 Å². The number of aromatic nitrogens is 2. The Morgan fingerprint density at radius 2 is 2.00 bits per heavy atom. The van der Waals surface area contributed by atoms with Crippen LogP contribution in [0.4, 0.5) is 0 Å². The van der Waals surface area contributed by atoms with Crippen molar-refractivity contribution in [1.29, 1.82) is 0 Å². The first-order valence-electron chi connectivity index (χ1n) is 11.4. The SMILES string of the molecule is Cc1noc(C)c1COc1cc(=O)n2c(c1C(=O)NCCN1CCOCC1)CCCCC2. The van der Waals surface area contributed by atoms with Crippen LogP contribution in [0.15, 0.2) is 15.4 Å². The number of carbonyl (C=O) groups is 1. The molecule has 1 saturated heterocycles. The van der Waals surface area contributed by atoms with Crippen molar-refractivity contribution in [2.75, 3.05) is 39.4 Å². The monoisotopic (exact) mass is 444 g/mol. The van der Waals surface area contributed by atoms with E-state index in [1.54, 1.807) is 4.57 Å². The van der Waals surface area contributed by atoms with Crippen molar-refractivity contribution in [3.05, 3.63) is 44.7 Å². The number of pyridine rings is 1. The van der Waals surface area contributed by atoms with E-state index in [0.717, 1.165) is 69.1 Å². The summed E-state index contributed by atoms with van der Waals surface area (Å²) in [5.41, 5.74) is 2.69. The van der Waals surface area contributed by atoms with Gasteiger partial charge in [0.25, 0.3) is 11.5 Å². The van der Waals surface area contributed by atoms with Gasteiger partial charge in [0.2, 0.25) is 0 Å². The second-order valence-electron chi connectivity index (χ2n) is 8.43. The number of carbonyl (C=O) groups excluding carboxylic acids is 1. The summed E-state index contributed by atoms with van der Waals surface area (Å²) >= 11 is 0. The summed E-state index contributed by atoms with van der Waals surface area (Å²) in [7, 11) is 0. The van der Waals surface area contributed by atoms with Gasteiger partial charge in [0.05, 0.1) is 24.5 Å². The first-order chi connectivity index (χ1) is 15.5. The summed E-state index contributed by atoms with van der Waals surface area (Å²) in [6.07, 6.45) is 3.60. The van der Waals surface area contributed by atoms with Crippen LogP contribution in [0.5, 0.6) is 5.75 Å². The van der Waals surface area contributed by atoms with Crippen molar-refractivity contribution in [1.82, 2.24) is 19.9 Å². The predicted molar refractivity (Wildman–Crippen MR) is 118 cm³/mol. The number of hydrogen-bond donors (Lipinski definition) is 1. The Kier molecular flexibility index (Phi) is 7.26. The molecule has 2 aromatic heterocycles. The third-order valence-electron chi connectivity index (χ3n) is 6.27. The Hall–Kier alpha value is -2.65. The average Bonchev–Trinajstić information content (AvgIpc) is 2.97. The summed E-state index contributed by atoms with van der Waals surface area (Å²) in [5.74, 6) is 0.801. The number of aryl methyl sites for hydroxylation is 2. The van der Waals surface area contributed by atoms with E-state index in [1.807, 2.05) is 13.8 Å². The second kappa shape index (κ2) is 10.3. The number of nitrogens with one attached hydrogen (secondary N) is 1. The van der Waals surface area contributed by atoms with Gasteiger partial charge in [0.15, 0.2) is 0 Å². The van der Waals surface area contributed by atoms with Gasteiger partial charge in [-0.1, -0.05) is 11.6 Å². The minimum atomic E-state index is -0.197. The van der Waals surface area contributed by atoms with E-state index in [4.69, 9.17) is 14.0 Å². The molecule has 0 aliphatic carbocycles. The third-order valence-corrected chi connectivity index (χ3v) is 6.27. The zero-order chi connectivity index (χ0) is 22.5. The van der Waals surface area contributed by atoms with Gasteiger partial charge in [0.1, 0.15) is 23.7 Å². The highest BCUT2D eigenvalue weighted by molar-refractivity contribution is 5.98. The summed E-state index contributed by atoms with van der Waals surface area (Å²) in [5, 5.41) is 7.00. The van der Waals surface area contributed by atoms with Crippen LogP contribution in [-0.2, 0) is 24.3 Å². The fraction of sp³-hybridized carbons (Fsp3) is 0.609. The van der Waals surface area contributed by atoms with E-state index < -0.39 is 0 Å². The fourth-order valence-electron chi connectivity index (χ4n) is 4.37. The summed E-state index contributed by atoms with van der Waals surface area (Å²) in [4.78, 5) is 28.4. The zero-order valence-corrected chi connectivity index (χ0v) is 18.9. The fourth-order valence-corrected chi connectivity index (χ4v) is 4.37. The average molecular weight is 445 g/mol. The van der Waals surface area contributed by atoms with Crippen LogP contribution in [0, 0.1) is 13.8 Å². The molecule has 0 atom stereocenters. The molecule has 1 fully saturated rings. The molecular weight excluding hydrogens is 412 g/mol. The quantitative estimate of drug-likeness (QED) is 0.695. The topological polar surface area (TPSA) is 98.8 Å². The van der Waals surface area contributed by atoms with Gasteiger partial charge in [-0.05, 0) is 33.1 Å². The molecule has 0 saturated carbocycles. The molecule has 2 aromatic rings. The second-order valence-corrected chi connectivity index (χ2v) is 8.43. The van der Waals surface area contributed by atoms with E-state index >= 15 is 0 Å². The lowest BCUT2D eigenvalue weighted by Gasteiger charge is -2.26. The van der Waals surface area contributed by atoms with Crippen LogP contribution in [-0.4, -0.2) is 59.9 Å². The molecule has 0 spiro atoms. The van der Waals surface area contributed by atoms with Crippen LogP contribution >= 0.6 is 0 Å². The van der Waals surface area contributed by atoms with Gasteiger partial charge in [-0.2, -0.15) is 0 Å². The molecule has 4 heterocycles. The van der Waals surface area contributed by atoms with Crippen molar-refractivity contribution in [3.8, 4) is 5.75 Å². The number of ether oxygens (including phenoxy) is 2. The smallest absolute Gasteiger partial charge is 0.256 e. The molecule has 0 unspecified atom stereocenters. The van der Waals surface area contributed by atoms with Crippen molar-refractivity contribution in [2.24, 2.45) is 0 Å². The largest absolute Gasteiger partial charge is 0.488 e. The minimum absolute atomic E-state index is 0.125. The summed E-state index contributed by atoms with van der Waals surface area (Å²) in [6.45, 7) is 8.98. The van der Waals surface area contributed by atoms with E-state index in [-0.39, 0.29) is 18.1 Å². The Labute approximate surface area is 187 Å². The summed E-state index contributed by atoms with van der Waals surface area (Å²) < 4.78 is 18.4. The molecule has 174 valence electrons. The Morgan fingerprint density at radius 1 is 1.19 bits per heavy atom. The number of hydrogen-bond acceptors (Lipinski definition) is 7. The van der Waals surface area contributed by atoms with E-state index in [1.165, 1.54) is 6.07 Å². The van der Waals surface area contributed by atoms with E-state index in [2.05, 4.69) is 15.4 Å². The molecule has 9 nitrogen and oxygen atoms in total. The van der Waals surface area contributed by atoms with Crippen LogP contribution in [0.1, 0.15) is 52.3 Å². The van der Waals surface area contributed by atoms with Crippen LogP contribution in [0.3, 0.4) is 0 Å². The van der Waals surface area contributed by atoms with Crippen molar-refractivity contribution in [3.63, 3.8) is 0 Å². The maximum absolute atomic E-state index is 13.3. The number of rotatable bonds is 7. The summed E-state index contributed by atoms with van der Waals surface area (Å²) in [6, 6.07) is 1.45. The normalized spacial score (nSPS) is 16.9. The molecule has 1 N–H and O–H groups in total. The lowest BCUT2D eigenvalue weighted by molar-refractivity contribution is 0.0383. The maximum atomic E-state index is 13.3. The number of fused-ring (bicyclic) bond motifs is 1. The highest BCUT2D eigenvalue weighted by Gasteiger charge is 2.24. The first-order valence-corrected chi connectivity index (χ1v) is 11.4. The lowest BCUT2D eigenvalue weighted by atomic mass is 10.1. The molecule has 9 heteroatoms. The predicted octanol–water partition coefficient (Wildman–Crippen LogP) is 1.82. The van der Waals surface area contributed by atoms with Gasteiger partial charge < -0.3 is 23.9 Å². The first kappa shape index (κ1) is 22.5. The number of nitrogens with zero attached hydrogens (tertiary/aromatic N) is 3. The zero-order valence-electron chi connectivity index (χ0n) is 18.9. The number of amides is 1. The third kappa shape index (κ3) is 5.05. The molecule has 32 heavy (non-hydrogen) atoms. The molecule has 2 aliphatic rings. The van der Waals surface area contributed by atoms with Gasteiger partial charge in [-0.25, -0.2) is 0 Å². The van der Waals surface area contributed by atoms with E-state index in [9.17, 15) is 9.59 Å². The maximum Gasteiger partial charge on any atom is 0.256 e. The molecular formula is C23H32N4O5. The van der Waals surface area contributed by atoms with Crippen molar-refractivity contribution in [2.45, 2.75) is 52.7 Å². The Morgan fingerprint density at radius 3 is 2.75 bits per heavy atom. The molecule has 0 bridgehead atoms. The number of morpholine rings is 1. The molecule has 1 amide bonds. The highest BCUT2D eigenvalue weighted by Crippen LogP contribution is 2.26. The lowest BCUT2D eigenvalue weighted by Crippen LogP contribution is -2.41. The Bertz CT molecular complexity index is 987. The molecule has 2 aliphatic heterocycles. The standard InChI is InChI=1S/C23H32N4O5/c1-16-18(17(2)32-25-16)15-31-20-14-21(28)27-8-5-3-4-6-19(27)22(20)23(29)24-7-9-26-10-12-30-13-11-26/h14H,3-13,15H2,1-2H3,(H,24,29). The van der Waals surface area contributed by atoms with Gasteiger partial charge in [0, 0.05) is 44.5 Å². The molecule has 4 rings (SSSR count). The van der Waals surface area contributed by atoms with Crippen LogP contribution < -0.4 is 15.6 Å². The van der Waals surface area contributed by atoms with Gasteiger partial charge in [-0.3, -0.25) is 14.5 Å².